The molecule has 2 aromatic carbocycles. The molecule has 2 heterocycles. The number of rotatable bonds is 5. The summed E-state index contributed by atoms with van der Waals surface area (Å²) in [5.41, 5.74) is 1.89. The predicted molar refractivity (Wildman–Crippen MR) is 121 cm³/mol. The van der Waals surface area contributed by atoms with Crippen LogP contribution in [-0.2, 0) is 9.59 Å². The van der Waals surface area contributed by atoms with Gasteiger partial charge in [-0.1, -0.05) is 30.3 Å². The van der Waals surface area contributed by atoms with Gasteiger partial charge in [0, 0.05) is 31.9 Å². The molecule has 0 N–H and O–H groups in total. The number of carbonyl (C=O) groups excluding carboxylic acids is 3. The van der Waals surface area contributed by atoms with Crippen molar-refractivity contribution in [3.63, 3.8) is 0 Å². The Morgan fingerprint density at radius 2 is 1.77 bits per heavy atom. The summed E-state index contributed by atoms with van der Waals surface area (Å²) in [5.74, 6) is 0.0181. The Bertz CT molecular complexity index is 1020. The van der Waals surface area contributed by atoms with Gasteiger partial charge >= 0.3 is 0 Å². The van der Waals surface area contributed by atoms with Gasteiger partial charge in [-0.05, 0) is 47.7 Å². The second-order valence-corrected chi connectivity index (χ2v) is 8.24. The zero-order valence-corrected chi connectivity index (χ0v) is 18.0. The van der Waals surface area contributed by atoms with E-state index in [0.717, 1.165) is 27.9 Å². The Morgan fingerprint density at radius 1 is 1.03 bits per heavy atom. The van der Waals surface area contributed by atoms with Crippen molar-refractivity contribution in [2.75, 3.05) is 44.7 Å². The number of carbonyl (C=O) groups is 3. The van der Waals surface area contributed by atoms with E-state index in [1.807, 2.05) is 42.5 Å². The Labute approximate surface area is 185 Å². The van der Waals surface area contributed by atoms with Crippen LogP contribution < -0.4 is 9.64 Å². The molecule has 0 atom stereocenters. The third kappa shape index (κ3) is 4.74. The van der Waals surface area contributed by atoms with Gasteiger partial charge in [-0.2, -0.15) is 0 Å². The van der Waals surface area contributed by atoms with Crippen LogP contribution in [0.25, 0.3) is 6.08 Å². The minimum absolute atomic E-state index is 0.211. The van der Waals surface area contributed by atoms with E-state index in [9.17, 15) is 14.4 Å². The summed E-state index contributed by atoms with van der Waals surface area (Å²) in [6.07, 6.45) is 1.65. The molecular weight excluding hydrogens is 414 g/mol. The average Bonchev–Trinajstić information content (AvgIpc) is 3.07. The molecule has 0 radical (unpaired) electrons. The van der Waals surface area contributed by atoms with Crippen molar-refractivity contribution in [1.29, 1.82) is 0 Å². The lowest BCUT2D eigenvalue weighted by atomic mass is 10.2. The molecule has 2 fully saturated rings. The van der Waals surface area contributed by atoms with Crippen LogP contribution in [0, 0.1) is 0 Å². The van der Waals surface area contributed by atoms with Gasteiger partial charge in [0.25, 0.3) is 11.1 Å². The molecule has 0 unspecified atom stereocenters. The van der Waals surface area contributed by atoms with Crippen molar-refractivity contribution in [3.8, 4) is 5.75 Å². The van der Waals surface area contributed by atoms with Gasteiger partial charge < -0.3 is 14.5 Å². The first-order chi connectivity index (χ1) is 15.0. The topological polar surface area (TPSA) is 70.2 Å². The van der Waals surface area contributed by atoms with Crippen molar-refractivity contribution < 1.29 is 19.1 Å². The van der Waals surface area contributed by atoms with Crippen molar-refractivity contribution in [1.82, 2.24) is 9.80 Å². The smallest absolute Gasteiger partial charge is 0.294 e. The van der Waals surface area contributed by atoms with Gasteiger partial charge in [0.15, 0.2) is 0 Å². The molecule has 2 aliphatic rings. The zero-order chi connectivity index (χ0) is 21.8. The van der Waals surface area contributed by atoms with E-state index in [-0.39, 0.29) is 12.5 Å². The molecule has 31 heavy (non-hydrogen) atoms. The second kappa shape index (κ2) is 9.26. The maximum atomic E-state index is 12.8. The quantitative estimate of drug-likeness (QED) is 0.670. The van der Waals surface area contributed by atoms with Crippen LogP contribution in [0.2, 0.25) is 0 Å². The first-order valence-corrected chi connectivity index (χ1v) is 10.8. The summed E-state index contributed by atoms with van der Waals surface area (Å²) in [6, 6.07) is 17.3. The molecule has 3 amide bonds. The van der Waals surface area contributed by atoms with Crippen LogP contribution in [0.1, 0.15) is 5.56 Å². The van der Waals surface area contributed by atoms with E-state index >= 15 is 0 Å². The fourth-order valence-electron chi connectivity index (χ4n) is 3.61. The van der Waals surface area contributed by atoms with Gasteiger partial charge in [0.05, 0.1) is 12.0 Å². The third-order valence-corrected chi connectivity index (χ3v) is 6.22. The van der Waals surface area contributed by atoms with Crippen molar-refractivity contribution in [3.05, 3.63) is 65.1 Å². The second-order valence-electron chi connectivity index (χ2n) is 7.25. The summed E-state index contributed by atoms with van der Waals surface area (Å²) in [4.78, 5) is 43.2. The number of thioether (sulfide) groups is 1. The average molecular weight is 438 g/mol. The molecule has 2 aromatic rings. The summed E-state index contributed by atoms with van der Waals surface area (Å²) in [6.45, 7) is 2.32. The number of anilines is 1. The number of methoxy groups -OCH3 is 1. The monoisotopic (exact) mass is 437 g/mol. The highest BCUT2D eigenvalue weighted by Crippen LogP contribution is 2.32. The van der Waals surface area contributed by atoms with Gasteiger partial charge in [-0.25, -0.2) is 0 Å². The van der Waals surface area contributed by atoms with Gasteiger partial charge in [-0.3, -0.25) is 19.3 Å². The van der Waals surface area contributed by atoms with Gasteiger partial charge in [0.1, 0.15) is 12.3 Å². The Kier molecular flexibility index (Phi) is 6.27. The number of para-hydroxylation sites is 1. The fourth-order valence-corrected chi connectivity index (χ4v) is 4.45. The highest BCUT2D eigenvalue weighted by atomic mass is 32.2. The van der Waals surface area contributed by atoms with Gasteiger partial charge in [-0.15, -0.1) is 0 Å². The number of amides is 3. The van der Waals surface area contributed by atoms with Crippen molar-refractivity contribution in [2.45, 2.75) is 0 Å². The molecule has 4 rings (SSSR count). The van der Waals surface area contributed by atoms with Crippen LogP contribution in [0.3, 0.4) is 0 Å². The van der Waals surface area contributed by atoms with E-state index in [0.29, 0.717) is 36.8 Å². The molecule has 0 bridgehead atoms. The van der Waals surface area contributed by atoms with Crippen LogP contribution in [-0.4, -0.2) is 66.7 Å². The number of imide groups is 1. The lowest BCUT2D eigenvalue weighted by molar-refractivity contribution is -0.136. The largest absolute Gasteiger partial charge is 0.497 e. The van der Waals surface area contributed by atoms with Crippen LogP contribution in [0.15, 0.2) is 59.5 Å². The number of hydrogen-bond donors (Lipinski definition) is 0. The Hall–Kier alpha value is -3.26. The van der Waals surface area contributed by atoms with Crippen molar-refractivity contribution >= 4 is 40.6 Å². The molecular formula is C23H23N3O4S. The summed E-state index contributed by atoms with van der Waals surface area (Å²) < 4.78 is 5.19. The Morgan fingerprint density at radius 3 is 2.48 bits per heavy atom. The summed E-state index contributed by atoms with van der Waals surface area (Å²) >= 11 is 0.855. The standard InChI is InChI=1S/C23H23N3O4S/c1-30-19-9-5-6-17(14-19)15-20-22(28)26(23(29)31-20)16-21(27)25-12-10-24(11-13-25)18-7-3-2-4-8-18/h2-9,14-15H,10-13,16H2,1H3. The van der Waals surface area contributed by atoms with Crippen molar-refractivity contribution in [2.24, 2.45) is 0 Å². The predicted octanol–water partition coefficient (Wildman–Crippen LogP) is 3.08. The maximum absolute atomic E-state index is 12.8. The number of benzene rings is 2. The third-order valence-electron chi connectivity index (χ3n) is 5.31. The van der Waals surface area contributed by atoms with Crippen LogP contribution in [0.5, 0.6) is 5.75 Å². The van der Waals surface area contributed by atoms with E-state index in [1.165, 1.54) is 0 Å². The zero-order valence-electron chi connectivity index (χ0n) is 17.2. The van der Waals surface area contributed by atoms with Crippen LogP contribution >= 0.6 is 11.8 Å². The van der Waals surface area contributed by atoms with Gasteiger partial charge in [0.2, 0.25) is 5.91 Å². The molecule has 0 spiro atoms. The summed E-state index contributed by atoms with van der Waals surface area (Å²) in [7, 11) is 1.57. The molecule has 2 saturated heterocycles. The number of ether oxygens (including phenoxy) is 1. The molecule has 2 aliphatic heterocycles. The highest BCUT2D eigenvalue weighted by molar-refractivity contribution is 8.18. The SMILES string of the molecule is COc1cccc(C=C2SC(=O)N(CC(=O)N3CCN(c4ccccc4)CC3)C2=O)c1. The number of nitrogens with zero attached hydrogens (tertiary/aromatic N) is 3. The molecule has 0 saturated carbocycles. The van der Waals surface area contributed by atoms with Crippen LogP contribution in [0.4, 0.5) is 10.5 Å². The molecule has 0 aromatic heterocycles. The minimum Gasteiger partial charge on any atom is -0.497 e. The normalized spacial score (nSPS) is 18.1. The fraction of sp³-hybridized carbons (Fsp3) is 0.261. The lowest BCUT2D eigenvalue weighted by Gasteiger charge is -2.36. The molecule has 8 heteroatoms. The molecule has 0 aliphatic carbocycles. The first-order valence-electron chi connectivity index (χ1n) is 10.0. The highest BCUT2D eigenvalue weighted by Gasteiger charge is 2.37. The number of hydrogen-bond acceptors (Lipinski definition) is 6. The maximum Gasteiger partial charge on any atom is 0.294 e. The molecule has 160 valence electrons. The molecule has 7 nitrogen and oxygen atoms in total. The Balaban J connectivity index is 1.37. The van der Waals surface area contributed by atoms with E-state index in [1.54, 1.807) is 30.2 Å². The summed E-state index contributed by atoms with van der Waals surface area (Å²) in [5, 5.41) is -0.421. The first kappa shape index (κ1) is 21.0. The van der Waals surface area contributed by atoms with E-state index in [2.05, 4.69) is 4.90 Å². The lowest BCUT2D eigenvalue weighted by Crippen LogP contribution is -2.51. The van der Waals surface area contributed by atoms with E-state index in [4.69, 9.17) is 4.74 Å². The minimum atomic E-state index is -0.436. The number of piperazine rings is 1. The van der Waals surface area contributed by atoms with E-state index < -0.39 is 11.1 Å².